The Bertz CT molecular complexity index is 1080. The van der Waals surface area contributed by atoms with Gasteiger partial charge in [0.05, 0.1) is 6.54 Å². The van der Waals surface area contributed by atoms with E-state index in [0.29, 0.717) is 18.3 Å². The van der Waals surface area contributed by atoms with Gasteiger partial charge in [-0.2, -0.15) is 16.7 Å². The zero-order valence-corrected chi connectivity index (χ0v) is 20.9. The fourth-order valence-electron chi connectivity index (χ4n) is 4.29. The van der Waals surface area contributed by atoms with Crippen LogP contribution in [0.5, 0.6) is 0 Å². The lowest BCUT2D eigenvalue weighted by molar-refractivity contribution is -0.126. The van der Waals surface area contributed by atoms with E-state index in [1.54, 1.807) is 0 Å². The summed E-state index contributed by atoms with van der Waals surface area (Å²) < 4.78 is 5.47. The summed E-state index contributed by atoms with van der Waals surface area (Å²) in [6, 6.07) is 16.8. The van der Waals surface area contributed by atoms with E-state index in [4.69, 9.17) is 4.52 Å². The molecule has 1 fully saturated rings. The third-order valence-electron chi connectivity index (χ3n) is 6.18. The molecule has 7 heteroatoms. The molecule has 1 amide bonds. The SMILES string of the molecule is Cc1cccc(CSCCCNC(=O)C2CCN(Cc3nc(-c4cccc(C)c4)no3)CC2)c1. The second-order valence-corrected chi connectivity index (χ2v) is 10.2. The molecule has 1 aromatic heterocycles. The molecule has 6 nitrogen and oxygen atoms in total. The molecular formula is C27H34N4O2S. The molecule has 1 aliphatic rings. The second-order valence-electron chi connectivity index (χ2n) is 9.12. The van der Waals surface area contributed by atoms with Crippen LogP contribution >= 0.6 is 11.8 Å². The van der Waals surface area contributed by atoms with Crippen molar-refractivity contribution in [1.82, 2.24) is 20.4 Å². The Labute approximate surface area is 206 Å². The van der Waals surface area contributed by atoms with Crippen molar-refractivity contribution in [1.29, 1.82) is 0 Å². The van der Waals surface area contributed by atoms with Gasteiger partial charge in [-0.15, -0.1) is 0 Å². The van der Waals surface area contributed by atoms with Crippen LogP contribution in [0.25, 0.3) is 11.4 Å². The van der Waals surface area contributed by atoms with E-state index in [9.17, 15) is 4.79 Å². The number of nitrogens with zero attached hydrogens (tertiary/aromatic N) is 3. The summed E-state index contributed by atoms with van der Waals surface area (Å²) in [7, 11) is 0. The Kier molecular flexibility index (Phi) is 8.77. The molecule has 3 aromatic rings. The molecule has 1 N–H and O–H groups in total. The van der Waals surface area contributed by atoms with Crippen LogP contribution in [0.4, 0.5) is 0 Å². The topological polar surface area (TPSA) is 71.3 Å². The number of likely N-dealkylation sites (tertiary alicyclic amines) is 1. The highest BCUT2D eigenvalue weighted by molar-refractivity contribution is 7.98. The van der Waals surface area contributed by atoms with Gasteiger partial charge in [-0.1, -0.05) is 58.7 Å². The number of piperidine rings is 1. The van der Waals surface area contributed by atoms with Gasteiger partial charge < -0.3 is 9.84 Å². The molecule has 180 valence electrons. The minimum Gasteiger partial charge on any atom is -0.356 e. The number of amides is 1. The van der Waals surface area contributed by atoms with Crippen molar-refractivity contribution in [2.24, 2.45) is 5.92 Å². The molecule has 1 aliphatic heterocycles. The second kappa shape index (κ2) is 12.2. The number of hydrogen-bond acceptors (Lipinski definition) is 6. The molecule has 0 spiro atoms. The van der Waals surface area contributed by atoms with E-state index in [0.717, 1.165) is 56.0 Å². The van der Waals surface area contributed by atoms with Crippen LogP contribution in [0.15, 0.2) is 53.1 Å². The fourth-order valence-corrected chi connectivity index (χ4v) is 5.20. The van der Waals surface area contributed by atoms with Crippen molar-refractivity contribution in [3.63, 3.8) is 0 Å². The Morgan fingerprint density at radius 1 is 1.12 bits per heavy atom. The maximum Gasteiger partial charge on any atom is 0.241 e. The molecule has 2 heterocycles. The maximum absolute atomic E-state index is 12.6. The summed E-state index contributed by atoms with van der Waals surface area (Å²) >= 11 is 1.93. The number of rotatable bonds is 10. The maximum atomic E-state index is 12.6. The molecule has 2 aromatic carbocycles. The fraction of sp³-hybridized carbons (Fsp3) is 0.444. The molecule has 0 saturated carbocycles. The molecule has 0 radical (unpaired) electrons. The lowest BCUT2D eigenvalue weighted by Gasteiger charge is -2.30. The highest BCUT2D eigenvalue weighted by Crippen LogP contribution is 2.21. The highest BCUT2D eigenvalue weighted by Gasteiger charge is 2.25. The molecule has 0 atom stereocenters. The predicted octanol–water partition coefficient (Wildman–Crippen LogP) is 5.01. The number of hydrogen-bond donors (Lipinski definition) is 1. The average Bonchev–Trinajstić information content (AvgIpc) is 3.30. The van der Waals surface area contributed by atoms with Gasteiger partial charge in [-0.3, -0.25) is 9.69 Å². The molecule has 34 heavy (non-hydrogen) atoms. The Hall–Kier alpha value is -2.64. The lowest BCUT2D eigenvalue weighted by atomic mass is 9.96. The van der Waals surface area contributed by atoms with Gasteiger partial charge in [0.25, 0.3) is 0 Å². The van der Waals surface area contributed by atoms with Crippen molar-refractivity contribution in [2.75, 3.05) is 25.4 Å². The Morgan fingerprint density at radius 3 is 2.65 bits per heavy atom. The van der Waals surface area contributed by atoms with Crippen molar-refractivity contribution < 1.29 is 9.32 Å². The molecule has 1 saturated heterocycles. The summed E-state index contributed by atoms with van der Waals surface area (Å²) in [5.74, 6) is 3.64. The summed E-state index contributed by atoms with van der Waals surface area (Å²) in [4.78, 5) is 19.4. The van der Waals surface area contributed by atoms with Gasteiger partial charge >= 0.3 is 0 Å². The molecule has 0 aliphatic carbocycles. The minimum atomic E-state index is 0.0988. The number of carbonyl (C=O) groups excluding carboxylic acids is 1. The zero-order valence-electron chi connectivity index (χ0n) is 20.1. The third kappa shape index (κ3) is 7.18. The van der Waals surface area contributed by atoms with Gasteiger partial charge in [0, 0.05) is 23.8 Å². The van der Waals surface area contributed by atoms with E-state index in [2.05, 4.69) is 70.6 Å². The number of carbonyl (C=O) groups is 1. The summed E-state index contributed by atoms with van der Waals surface area (Å²) in [6.07, 6.45) is 2.74. The number of aromatic nitrogens is 2. The molecule has 0 bridgehead atoms. The number of nitrogens with one attached hydrogen (secondary N) is 1. The van der Waals surface area contributed by atoms with Crippen molar-refractivity contribution in [3.8, 4) is 11.4 Å². The lowest BCUT2D eigenvalue weighted by Crippen LogP contribution is -2.40. The third-order valence-corrected chi connectivity index (χ3v) is 7.29. The first-order valence-corrected chi connectivity index (χ1v) is 13.3. The smallest absolute Gasteiger partial charge is 0.241 e. The summed E-state index contributed by atoms with van der Waals surface area (Å²) in [5.41, 5.74) is 4.82. The molecule has 4 rings (SSSR count). The van der Waals surface area contributed by atoms with Crippen molar-refractivity contribution >= 4 is 17.7 Å². The van der Waals surface area contributed by atoms with E-state index < -0.39 is 0 Å². The van der Waals surface area contributed by atoms with Crippen LogP contribution < -0.4 is 5.32 Å². The monoisotopic (exact) mass is 478 g/mol. The van der Waals surface area contributed by atoms with Crippen LogP contribution in [0.2, 0.25) is 0 Å². The quantitative estimate of drug-likeness (QED) is 0.413. The first-order valence-electron chi connectivity index (χ1n) is 12.1. The standard InChI is InChI=1S/C27H34N4O2S/c1-20-6-3-8-22(16-20)19-34-15-5-12-28-27(32)23-10-13-31(14-11-23)18-25-29-26(30-33-25)24-9-4-7-21(2)17-24/h3-4,6-9,16-17,23H,5,10-15,18-19H2,1-2H3,(H,28,32). The van der Waals surface area contributed by atoms with Crippen LogP contribution in [0.3, 0.4) is 0 Å². The van der Waals surface area contributed by atoms with Gasteiger partial charge in [-0.25, -0.2) is 0 Å². The van der Waals surface area contributed by atoms with E-state index in [1.807, 2.05) is 23.9 Å². The van der Waals surface area contributed by atoms with Crippen LogP contribution in [-0.2, 0) is 17.1 Å². The largest absolute Gasteiger partial charge is 0.356 e. The average molecular weight is 479 g/mol. The van der Waals surface area contributed by atoms with E-state index in [1.165, 1.54) is 16.7 Å². The van der Waals surface area contributed by atoms with Crippen molar-refractivity contribution in [3.05, 3.63) is 71.1 Å². The van der Waals surface area contributed by atoms with Gasteiger partial charge in [-0.05, 0) is 63.6 Å². The Morgan fingerprint density at radius 2 is 1.88 bits per heavy atom. The zero-order chi connectivity index (χ0) is 23.8. The van der Waals surface area contributed by atoms with Gasteiger partial charge in [0.1, 0.15) is 0 Å². The number of aryl methyl sites for hydroxylation is 2. The Balaban J connectivity index is 1.11. The van der Waals surface area contributed by atoms with Crippen LogP contribution in [-0.4, -0.2) is 46.3 Å². The number of benzene rings is 2. The van der Waals surface area contributed by atoms with Crippen LogP contribution in [0.1, 0.15) is 41.8 Å². The normalized spacial score (nSPS) is 14.9. The van der Waals surface area contributed by atoms with Gasteiger partial charge in [0.15, 0.2) is 0 Å². The van der Waals surface area contributed by atoms with Crippen LogP contribution in [0, 0.1) is 19.8 Å². The first-order chi connectivity index (χ1) is 16.6. The summed E-state index contributed by atoms with van der Waals surface area (Å²) in [5, 5.41) is 7.27. The minimum absolute atomic E-state index is 0.0988. The molecule has 0 unspecified atom stereocenters. The van der Waals surface area contributed by atoms with E-state index >= 15 is 0 Å². The van der Waals surface area contributed by atoms with Crippen molar-refractivity contribution in [2.45, 2.75) is 45.4 Å². The van der Waals surface area contributed by atoms with E-state index in [-0.39, 0.29) is 11.8 Å². The first kappa shape index (κ1) is 24.5. The molecular weight excluding hydrogens is 444 g/mol. The van der Waals surface area contributed by atoms with Gasteiger partial charge in [0.2, 0.25) is 17.6 Å². The summed E-state index contributed by atoms with van der Waals surface area (Å²) in [6.45, 7) is 7.30. The highest BCUT2D eigenvalue weighted by atomic mass is 32.2. The number of thioether (sulfide) groups is 1. The predicted molar refractivity (Wildman–Crippen MR) is 137 cm³/mol.